The summed E-state index contributed by atoms with van der Waals surface area (Å²) in [6.07, 6.45) is 13.3. The van der Waals surface area contributed by atoms with Gasteiger partial charge >= 0.3 is 0 Å². The van der Waals surface area contributed by atoms with Crippen LogP contribution in [0.2, 0.25) is 0 Å². The maximum absolute atomic E-state index is 5.77. The zero-order valence-corrected chi connectivity index (χ0v) is 20.0. The summed E-state index contributed by atoms with van der Waals surface area (Å²) >= 11 is 1.63. The molecule has 0 bridgehead atoms. The van der Waals surface area contributed by atoms with E-state index in [-0.39, 0.29) is 0 Å². The van der Waals surface area contributed by atoms with Crippen molar-refractivity contribution in [1.82, 2.24) is 9.55 Å². The lowest BCUT2D eigenvalue weighted by atomic mass is 10.1. The number of imidazole rings is 1. The van der Waals surface area contributed by atoms with Gasteiger partial charge in [-0.1, -0.05) is 50.1 Å². The van der Waals surface area contributed by atoms with Crippen LogP contribution >= 0.6 is 11.9 Å². The number of aryl methyl sites for hydroxylation is 1. The van der Waals surface area contributed by atoms with Gasteiger partial charge in [-0.05, 0) is 72.3 Å². The zero-order chi connectivity index (χ0) is 22.5. The van der Waals surface area contributed by atoms with Crippen LogP contribution in [-0.4, -0.2) is 16.2 Å². The Bertz CT molecular complexity index is 1210. The number of anilines is 1. The normalized spacial score (nSPS) is 15.4. The van der Waals surface area contributed by atoms with Crippen molar-refractivity contribution in [3.05, 3.63) is 89.5 Å². The highest BCUT2D eigenvalue weighted by atomic mass is 32.2. The van der Waals surface area contributed by atoms with Crippen LogP contribution in [0.3, 0.4) is 0 Å². The van der Waals surface area contributed by atoms with Crippen LogP contribution in [0.1, 0.15) is 44.9 Å². The standard InChI is InChI=1S/C28H31N3OS/c1-2-3-7-16-31-26-14-13-23(30-33-24-10-5-4-6-11-24)20-25(26)29-28(31)19-21-9-8-12-27-22(18-21)15-17-32-27/h4-6,9-14,18,20,30H,2-3,7-8,15-17,19H2,1H3. The lowest BCUT2D eigenvalue weighted by Crippen LogP contribution is -2.05. The van der Waals surface area contributed by atoms with Crippen molar-refractivity contribution < 1.29 is 4.74 Å². The molecule has 1 aliphatic heterocycles. The molecular formula is C28H31N3OS. The predicted octanol–water partition coefficient (Wildman–Crippen LogP) is 7.45. The first-order chi connectivity index (χ1) is 16.3. The Hall–Kier alpha value is -2.92. The summed E-state index contributed by atoms with van der Waals surface area (Å²) in [4.78, 5) is 6.31. The summed E-state index contributed by atoms with van der Waals surface area (Å²) in [5.74, 6) is 2.23. The van der Waals surface area contributed by atoms with E-state index in [1.807, 2.05) is 6.07 Å². The summed E-state index contributed by atoms with van der Waals surface area (Å²) in [6, 6.07) is 16.9. The monoisotopic (exact) mass is 457 g/mol. The third-order valence-electron chi connectivity index (χ3n) is 6.19. The quantitative estimate of drug-likeness (QED) is 0.267. The fourth-order valence-corrected chi connectivity index (χ4v) is 5.14. The molecule has 0 amide bonds. The number of ether oxygens (including phenoxy) is 1. The number of aromatic nitrogens is 2. The molecule has 2 heterocycles. The van der Waals surface area contributed by atoms with E-state index >= 15 is 0 Å². The fourth-order valence-electron chi connectivity index (χ4n) is 4.48. The molecule has 0 atom stereocenters. The number of allylic oxidation sites excluding steroid dienone is 5. The first-order valence-corrected chi connectivity index (χ1v) is 12.8. The second kappa shape index (κ2) is 10.3. The molecule has 1 aliphatic carbocycles. The van der Waals surface area contributed by atoms with E-state index < -0.39 is 0 Å². The summed E-state index contributed by atoms with van der Waals surface area (Å²) in [6.45, 7) is 4.07. The van der Waals surface area contributed by atoms with Gasteiger partial charge in [0.15, 0.2) is 0 Å². The SMILES string of the molecule is CCCCCn1c(CC2=CCC=C3OCCC3=C2)nc2cc(NSc3ccccc3)ccc21. The van der Waals surface area contributed by atoms with Gasteiger partial charge in [0, 0.05) is 30.0 Å². The van der Waals surface area contributed by atoms with Gasteiger partial charge in [-0.25, -0.2) is 4.98 Å². The highest BCUT2D eigenvalue weighted by Gasteiger charge is 2.18. The van der Waals surface area contributed by atoms with Gasteiger partial charge in [0.1, 0.15) is 11.6 Å². The summed E-state index contributed by atoms with van der Waals surface area (Å²) < 4.78 is 11.7. The second-order valence-electron chi connectivity index (χ2n) is 8.64. The number of nitrogens with one attached hydrogen (secondary N) is 1. The maximum Gasteiger partial charge on any atom is 0.118 e. The van der Waals surface area contributed by atoms with Crippen molar-refractivity contribution in [3.63, 3.8) is 0 Å². The van der Waals surface area contributed by atoms with Crippen molar-refractivity contribution in [2.45, 2.75) is 56.9 Å². The molecule has 0 saturated carbocycles. The summed E-state index contributed by atoms with van der Waals surface area (Å²) in [7, 11) is 0. The van der Waals surface area contributed by atoms with Gasteiger partial charge in [-0.15, -0.1) is 0 Å². The molecule has 2 aromatic carbocycles. The van der Waals surface area contributed by atoms with Gasteiger partial charge < -0.3 is 14.0 Å². The predicted molar refractivity (Wildman–Crippen MR) is 138 cm³/mol. The molecule has 1 saturated heterocycles. The molecule has 5 rings (SSSR count). The Balaban J connectivity index is 1.40. The topological polar surface area (TPSA) is 39.1 Å². The number of rotatable bonds is 9. The molecule has 0 radical (unpaired) electrons. The van der Waals surface area contributed by atoms with Crippen LogP contribution in [-0.2, 0) is 17.7 Å². The van der Waals surface area contributed by atoms with Crippen LogP contribution in [0.4, 0.5) is 5.69 Å². The molecule has 1 fully saturated rings. The molecule has 2 aliphatic rings. The average Bonchev–Trinajstić information content (AvgIpc) is 3.36. The van der Waals surface area contributed by atoms with Crippen LogP contribution in [0.15, 0.2) is 88.6 Å². The number of nitrogens with zero attached hydrogens (tertiary/aromatic N) is 2. The van der Waals surface area contributed by atoms with Crippen molar-refractivity contribution in [3.8, 4) is 0 Å². The highest BCUT2D eigenvalue weighted by molar-refractivity contribution is 8.00. The van der Waals surface area contributed by atoms with Crippen molar-refractivity contribution in [2.24, 2.45) is 0 Å². The van der Waals surface area contributed by atoms with Gasteiger partial charge in [0.05, 0.1) is 17.6 Å². The first-order valence-electron chi connectivity index (χ1n) is 12.0. The minimum absolute atomic E-state index is 0.803. The second-order valence-corrected chi connectivity index (χ2v) is 9.52. The van der Waals surface area contributed by atoms with Crippen molar-refractivity contribution >= 4 is 28.7 Å². The lowest BCUT2D eigenvalue weighted by Gasteiger charge is -2.10. The molecule has 3 aromatic rings. The molecule has 33 heavy (non-hydrogen) atoms. The van der Waals surface area contributed by atoms with E-state index in [0.29, 0.717) is 0 Å². The van der Waals surface area contributed by atoms with Gasteiger partial charge in [-0.3, -0.25) is 0 Å². The van der Waals surface area contributed by atoms with Gasteiger partial charge in [-0.2, -0.15) is 0 Å². The van der Waals surface area contributed by atoms with E-state index in [1.54, 1.807) is 11.9 Å². The van der Waals surface area contributed by atoms with Crippen molar-refractivity contribution in [2.75, 3.05) is 11.3 Å². The largest absolute Gasteiger partial charge is 0.493 e. The molecule has 0 unspecified atom stereocenters. The van der Waals surface area contributed by atoms with Gasteiger partial charge in [0.2, 0.25) is 0 Å². The molecule has 1 aromatic heterocycles. The minimum Gasteiger partial charge on any atom is -0.493 e. The Morgan fingerprint density at radius 3 is 2.88 bits per heavy atom. The van der Waals surface area contributed by atoms with E-state index in [1.165, 1.54) is 40.8 Å². The van der Waals surface area contributed by atoms with E-state index in [0.717, 1.165) is 55.2 Å². The zero-order valence-electron chi connectivity index (χ0n) is 19.2. The summed E-state index contributed by atoms with van der Waals surface area (Å²) in [5.41, 5.74) is 6.03. The van der Waals surface area contributed by atoms with Crippen LogP contribution < -0.4 is 4.72 Å². The van der Waals surface area contributed by atoms with Gasteiger partial charge in [0.25, 0.3) is 0 Å². The first kappa shape index (κ1) is 21.9. The van der Waals surface area contributed by atoms with Crippen LogP contribution in [0, 0.1) is 0 Å². The lowest BCUT2D eigenvalue weighted by molar-refractivity contribution is 0.265. The Labute approximate surface area is 200 Å². The Morgan fingerprint density at radius 1 is 1.09 bits per heavy atom. The van der Waals surface area contributed by atoms with Crippen LogP contribution in [0.5, 0.6) is 0 Å². The number of hydrogen-bond donors (Lipinski definition) is 1. The smallest absolute Gasteiger partial charge is 0.118 e. The number of fused-ring (bicyclic) bond motifs is 2. The fraction of sp³-hybridized carbons (Fsp3) is 0.321. The third-order valence-corrected chi connectivity index (χ3v) is 7.04. The van der Waals surface area contributed by atoms with E-state index in [4.69, 9.17) is 9.72 Å². The molecule has 5 heteroatoms. The maximum atomic E-state index is 5.77. The molecule has 1 N–H and O–H groups in total. The molecule has 0 spiro atoms. The van der Waals surface area contributed by atoms with Crippen LogP contribution in [0.25, 0.3) is 11.0 Å². The molecule has 4 nitrogen and oxygen atoms in total. The number of benzene rings is 2. The third kappa shape index (κ3) is 5.19. The average molecular weight is 458 g/mol. The Morgan fingerprint density at radius 2 is 2.00 bits per heavy atom. The summed E-state index contributed by atoms with van der Waals surface area (Å²) in [5, 5.41) is 0. The number of hydrogen-bond acceptors (Lipinski definition) is 4. The highest BCUT2D eigenvalue weighted by Crippen LogP contribution is 2.30. The minimum atomic E-state index is 0.803. The number of unbranched alkanes of at least 4 members (excludes halogenated alkanes) is 2. The van der Waals surface area contributed by atoms with Crippen molar-refractivity contribution in [1.29, 1.82) is 0 Å². The van der Waals surface area contributed by atoms with E-state index in [2.05, 4.69) is 76.9 Å². The molecule has 170 valence electrons. The molecular weight excluding hydrogens is 426 g/mol. The Kier molecular flexibility index (Phi) is 6.87. The van der Waals surface area contributed by atoms with E-state index in [9.17, 15) is 0 Å².